The highest BCUT2D eigenvalue weighted by Crippen LogP contribution is 2.30. The van der Waals surface area contributed by atoms with Crippen LogP contribution in [0.5, 0.6) is 11.5 Å². The van der Waals surface area contributed by atoms with Gasteiger partial charge in [-0.15, -0.1) is 0 Å². The summed E-state index contributed by atoms with van der Waals surface area (Å²) < 4.78 is 5.95. The molecule has 0 unspecified atom stereocenters. The molecule has 0 radical (unpaired) electrons. The number of ether oxygens (including phenoxy) is 1. The lowest BCUT2D eigenvalue weighted by Gasteiger charge is -2.32. The van der Waals surface area contributed by atoms with Crippen molar-refractivity contribution in [2.75, 3.05) is 18.4 Å². The number of para-hydroxylation sites is 2. The molecule has 0 bridgehead atoms. The van der Waals surface area contributed by atoms with Gasteiger partial charge in [-0.05, 0) is 56.9 Å². The summed E-state index contributed by atoms with van der Waals surface area (Å²) in [4.78, 5) is 15.0. The Kier molecular flexibility index (Phi) is 5.30. The van der Waals surface area contributed by atoms with E-state index in [1.807, 2.05) is 55.5 Å². The van der Waals surface area contributed by atoms with Crippen LogP contribution >= 0.6 is 0 Å². The lowest BCUT2D eigenvalue weighted by Crippen LogP contribution is -2.46. The number of hydrogen-bond acceptors (Lipinski definition) is 3. The molecule has 1 aliphatic carbocycles. The van der Waals surface area contributed by atoms with E-state index in [1.54, 1.807) is 0 Å². The van der Waals surface area contributed by atoms with Crippen LogP contribution in [-0.2, 0) is 0 Å². The summed E-state index contributed by atoms with van der Waals surface area (Å²) in [7, 11) is 0. The highest BCUT2D eigenvalue weighted by atomic mass is 16.5. The van der Waals surface area contributed by atoms with Crippen molar-refractivity contribution in [3.63, 3.8) is 0 Å². The Labute approximate surface area is 160 Å². The molecule has 2 N–H and O–H groups in total. The Bertz CT molecular complexity index is 778. The van der Waals surface area contributed by atoms with E-state index >= 15 is 0 Å². The van der Waals surface area contributed by atoms with E-state index in [4.69, 9.17) is 4.74 Å². The van der Waals surface area contributed by atoms with E-state index in [1.165, 1.54) is 18.4 Å². The zero-order valence-electron chi connectivity index (χ0n) is 15.8. The van der Waals surface area contributed by atoms with Gasteiger partial charge < -0.3 is 20.3 Å². The third-order valence-corrected chi connectivity index (χ3v) is 5.31. The van der Waals surface area contributed by atoms with Crippen molar-refractivity contribution in [2.24, 2.45) is 0 Å². The van der Waals surface area contributed by atoms with Crippen molar-refractivity contribution in [3.8, 4) is 11.5 Å². The Balaban J connectivity index is 1.33. The van der Waals surface area contributed by atoms with Crippen LogP contribution in [-0.4, -0.2) is 36.1 Å². The summed E-state index contributed by atoms with van der Waals surface area (Å²) in [6.07, 6.45) is 4.73. The van der Waals surface area contributed by atoms with Gasteiger partial charge in [-0.2, -0.15) is 0 Å². The SMILES string of the molecule is Cc1ccc(Oc2ccccc2NC(=O)NC2CCN(C3CC3)CC2)cc1. The number of carbonyl (C=O) groups is 1. The molecule has 2 fully saturated rings. The molecule has 0 spiro atoms. The van der Waals surface area contributed by atoms with Crippen molar-refractivity contribution in [1.82, 2.24) is 10.2 Å². The fraction of sp³-hybridized carbons (Fsp3) is 0.409. The molecular formula is C22H27N3O2. The first-order valence-corrected chi connectivity index (χ1v) is 9.82. The standard InChI is InChI=1S/C22H27N3O2/c1-16-6-10-19(11-7-16)27-21-5-3-2-4-20(21)24-22(26)23-17-12-14-25(15-13-17)18-8-9-18/h2-7,10-11,17-18H,8-9,12-15H2,1H3,(H2,23,24,26). The van der Waals surface area contributed by atoms with Gasteiger partial charge in [-0.1, -0.05) is 29.8 Å². The summed E-state index contributed by atoms with van der Waals surface area (Å²) in [5.74, 6) is 1.39. The number of rotatable bonds is 5. The summed E-state index contributed by atoms with van der Waals surface area (Å²) >= 11 is 0. The second-order valence-corrected chi connectivity index (χ2v) is 7.55. The molecule has 5 nitrogen and oxygen atoms in total. The maximum absolute atomic E-state index is 12.5. The minimum Gasteiger partial charge on any atom is -0.455 e. The first-order valence-electron chi connectivity index (χ1n) is 9.82. The molecule has 27 heavy (non-hydrogen) atoms. The van der Waals surface area contributed by atoms with E-state index in [0.717, 1.165) is 37.7 Å². The summed E-state index contributed by atoms with van der Waals surface area (Å²) in [6.45, 7) is 4.21. The van der Waals surface area contributed by atoms with Gasteiger partial charge >= 0.3 is 6.03 Å². The highest BCUT2D eigenvalue weighted by molar-refractivity contribution is 5.91. The molecule has 0 aromatic heterocycles. The van der Waals surface area contributed by atoms with Crippen LogP contribution in [0.4, 0.5) is 10.5 Å². The van der Waals surface area contributed by atoms with Gasteiger partial charge in [0.15, 0.2) is 5.75 Å². The quantitative estimate of drug-likeness (QED) is 0.818. The van der Waals surface area contributed by atoms with E-state index in [2.05, 4.69) is 15.5 Å². The number of piperidine rings is 1. The van der Waals surface area contributed by atoms with Crippen molar-refractivity contribution in [2.45, 2.75) is 44.7 Å². The third-order valence-electron chi connectivity index (χ3n) is 5.31. The third kappa shape index (κ3) is 4.80. The lowest BCUT2D eigenvalue weighted by atomic mass is 10.1. The van der Waals surface area contributed by atoms with Gasteiger partial charge in [-0.25, -0.2) is 4.79 Å². The van der Waals surface area contributed by atoms with Crippen molar-refractivity contribution < 1.29 is 9.53 Å². The molecular weight excluding hydrogens is 338 g/mol. The summed E-state index contributed by atoms with van der Waals surface area (Å²) in [5.41, 5.74) is 1.85. The van der Waals surface area contributed by atoms with Crippen molar-refractivity contribution in [1.29, 1.82) is 0 Å². The van der Waals surface area contributed by atoms with Gasteiger partial charge in [0.2, 0.25) is 0 Å². The number of hydrogen-bond donors (Lipinski definition) is 2. The van der Waals surface area contributed by atoms with Gasteiger partial charge in [0.25, 0.3) is 0 Å². The normalized spacial score (nSPS) is 18.1. The Morgan fingerprint density at radius 3 is 2.41 bits per heavy atom. The molecule has 4 rings (SSSR count). The van der Waals surface area contributed by atoms with Crippen LogP contribution in [0.25, 0.3) is 0 Å². The van der Waals surface area contributed by atoms with Crippen molar-refractivity contribution >= 4 is 11.7 Å². The van der Waals surface area contributed by atoms with Gasteiger partial charge in [0.1, 0.15) is 5.75 Å². The van der Waals surface area contributed by atoms with Crippen LogP contribution < -0.4 is 15.4 Å². The second kappa shape index (κ2) is 8.01. The van der Waals surface area contributed by atoms with Gasteiger partial charge in [0.05, 0.1) is 5.69 Å². The Morgan fingerprint density at radius 1 is 1.00 bits per heavy atom. The second-order valence-electron chi connectivity index (χ2n) is 7.55. The van der Waals surface area contributed by atoms with Gasteiger partial charge in [-0.3, -0.25) is 0 Å². The van der Waals surface area contributed by atoms with Crippen LogP contribution in [0.1, 0.15) is 31.2 Å². The first kappa shape index (κ1) is 17.9. The first-order chi connectivity index (χ1) is 13.2. The number of aryl methyl sites for hydroxylation is 1. The number of likely N-dealkylation sites (tertiary alicyclic amines) is 1. The number of nitrogens with zero attached hydrogens (tertiary/aromatic N) is 1. The average Bonchev–Trinajstić information content (AvgIpc) is 3.51. The van der Waals surface area contributed by atoms with Crippen LogP contribution in [0.2, 0.25) is 0 Å². The van der Waals surface area contributed by atoms with E-state index in [0.29, 0.717) is 11.4 Å². The lowest BCUT2D eigenvalue weighted by molar-refractivity contribution is 0.189. The predicted molar refractivity (Wildman–Crippen MR) is 107 cm³/mol. The molecule has 1 saturated heterocycles. The molecule has 1 aliphatic heterocycles. The minimum absolute atomic E-state index is 0.167. The molecule has 0 atom stereocenters. The minimum atomic E-state index is -0.167. The topological polar surface area (TPSA) is 53.6 Å². The van der Waals surface area contributed by atoms with Crippen molar-refractivity contribution in [3.05, 3.63) is 54.1 Å². The van der Waals surface area contributed by atoms with E-state index < -0.39 is 0 Å². The van der Waals surface area contributed by atoms with Crippen LogP contribution in [0, 0.1) is 6.92 Å². The number of anilines is 1. The molecule has 1 saturated carbocycles. The number of amides is 2. The Morgan fingerprint density at radius 2 is 1.70 bits per heavy atom. The molecule has 1 heterocycles. The smallest absolute Gasteiger partial charge is 0.319 e. The zero-order valence-corrected chi connectivity index (χ0v) is 15.8. The zero-order chi connectivity index (χ0) is 18.6. The fourth-order valence-corrected chi connectivity index (χ4v) is 3.58. The molecule has 5 heteroatoms. The number of carbonyl (C=O) groups excluding carboxylic acids is 1. The maximum atomic E-state index is 12.5. The highest BCUT2D eigenvalue weighted by Gasteiger charge is 2.32. The fourth-order valence-electron chi connectivity index (χ4n) is 3.58. The summed E-state index contributed by atoms with van der Waals surface area (Å²) in [5, 5.41) is 6.06. The van der Waals surface area contributed by atoms with Crippen LogP contribution in [0.15, 0.2) is 48.5 Å². The molecule has 2 aliphatic rings. The number of urea groups is 1. The average molecular weight is 365 g/mol. The molecule has 2 aromatic carbocycles. The maximum Gasteiger partial charge on any atom is 0.319 e. The molecule has 2 amide bonds. The largest absolute Gasteiger partial charge is 0.455 e. The monoisotopic (exact) mass is 365 g/mol. The molecule has 2 aromatic rings. The Hall–Kier alpha value is -2.53. The van der Waals surface area contributed by atoms with E-state index in [-0.39, 0.29) is 12.1 Å². The number of benzene rings is 2. The number of nitrogens with one attached hydrogen (secondary N) is 2. The van der Waals surface area contributed by atoms with E-state index in [9.17, 15) is 4.79 Å². The molecule has 142 valence electrons. The summed E-state index contributed by atoms with van der Waals surface area (Å²) in [6, 6.07) is 16.3. The van der Waals surface area contributed by atoms with Gasteiger partial charge in [0, 0.05) is 25.2 Å². The predicted octanol–water partition coefficient (Wildman–Crippen LogP) is 4.54. The van der Waals surface area contributed by atoms with Crippen LogP contribution in [0.3, 0.4) is 0 Å².